The van der Waals surface area contributed by atoms with Gasteiger partial charge < -0.3 is 14.6 Å². The lowest BCUT2D eigenvalue weighted by atomic mass is 10.2. The van der Waals surface area contributed by atoms with Crippen LogP contribution in [0.5, 0.6) is 0 Å². The van der Waals surface area contributed by atoms with Gasteiger partial charge in [0.05, 0.1) is 10.4 Å². The number of fused-ring (bicyclic) bond motifs is 1. The second-order valence-corrected chi connectivity index (χ2v) is 8.12. The van der Waals surface area contributed by atoms with Crippen molar-refractivity contribution in [3.63, 3.8) is 0 Å². The number of nitrogens with zero attached hydrogens (tertiary/aromatic N) is 5. The van der Waals surface area contributed by atoms with E-state index in [1.54, 1.807) is 25.1 Å². The Kier molecular flexibility index (Phi) is 6.30. The summed E-state index contributed by atoms with van der Waals surface area (Å²) in [6.45, 7) is 2.55. The van der Waals surface area contributed by atoms with Crippen LogP contribution in [0.15, 0.2) is 62.5 Å². The van der Waals surface area contributed by atoms with Gasteiger partial charge in [-0.15, -0.1) is 0 Å². The van der Waals surface area contributed by atoms with E-state index in [1.165, 1.54) is 39.6 Å². The van der Waals surface area contributed by atoms with Crippen LogP contribution in [0.2, 0.25) is 0 Å². The van der Waals surface area contributed by atoms with Gasteiger partial charge in [-0.1, -0.05) is 12.1 Å². The molecule has 0 fully saturated rings. The lowest BCUT2D eigenvalue weighted by Gasteiger charge is -2.12. The number of nitro benzene ring substituents is 1. The summed E-state index contributed by atoms with van der Waals surface area (Å²) in [6.07, 6.45) is 0. The first-order valence-corrected chi connectivity index (χ1v) is 10.6. The Bertz CT molecular complexity index is 1570. The fourth-order valence-corrected chi connectivity index (χ4v) is 3.59. The van der Waals surface area contributed by atoms with Gasteiger partial charge in [0.2, 0.25) is 5.43 Å². The molecule has 1 N–H and O–H groups in total. The van der Waals surface area contributed by atoms with Gasteiger partial charge in [0, 0.05) is 36.6 Å². The highest BCUT2D eigenvalue weighted by molar-refractivity contribution is 6.03. The van der Waals surface area contributed by atoms with E-state index in [1.807, 2.05) is 19.0 Å². The van der Waals surface area contributed by atoms with Crippen molar-refractivity contribution in [3.8, 4) is 5.69 Å². The topological polar surface area (TPSA) is 146 Å². The number of aromatic nitrogens is 3. The van der Waals surface area contributed by atoms with Crippen LogP contribution in [0, 0.1) is 17.0 Å². The highest BCUT2D eigenvalue weighted by Crippen LogP contribution is 2.23. The largest absolute Gasteiger partial charge is 0.419 e. The molecule has 12 nitrogen and oxygen atoms in total. The van der Waals surface area contributed by atoms with E-state index >= 15 is 0 Å². The van der Waals surface area contributed by atoms with Crippen LogP contribution in [0.25, 0.3) is 16.8 Å². The van der Waals surface area contributed by atoms with Gasteiger partial charge in [-0.05, 0) is 45.3 Å². The van der Waals surface area contributed by atoms with Gasteiger partial charge in [0.15, 0.2) is 11.3 Å². The molecule has 0 aliphatic carbocycles. The molecule has 35 heavy (non-hydrogen) atoms. The minimum absolute atomic E-state index is 0.119. The summed E-state index contributed by atoms with van der Waals surface area (Å²) in [5.74, 6) is -1.31. The number of carbonyl (C=O) groups is 1. The third kappa shape index (κ3) is 4.73. The maximum absolute atomic E-state index is 13.0. The van der Waals surface area contributed by atoms with Crippen LogP contribution in [-0.4, -0.2) is 50.7 Å². The summed E-state index contributed by atoms with van der Waals surface area (Å²) in [7, 11) is 3.76. The molecule has 4 rings (SSSR count). The highest BCUT2D eigenvalue weighted by Gasteiger charge is 2.21. The molecule has 2 aromatic heterocycles. The normalized spacial score (nSPS) is 11.2. The van der Waals surface area contributed by atoms with Gasteiger partial charge in [-0.2, -0.15) is 5.10 Å². The summed E-state index contributed by atoms with van der Waals surface area (Å²) in [5.41, 5.74) is 0.315. The van der Waals surface area contributed by atoms with E-state index < -0.39 is 27.7 Å². The summed E-state index contributed by atoms with van der Waals surface area (Å²) in [6, 6.07) is 11.7. The van der Waals surface area contributed by atoms with Crippen molar-refractivity contribution >= 4 is 28.4 Å². The number of aryl methyl sites for hydroxylation is 1. The summed E-state index contributed by atoms with van der Waals surface area (Å²) >= 11 is 0. The molecule has 1 amide bonds. The van der Waals surface area contributed by atoms with E-state index in [0.29, 0.717) is 35.6 Å². The average molecular weight is 478 g/mol. The Hall–Kier alpha value is -4.58. The molecule has 0 aliphatic rings. The molecule has 12 heteroatoms. The molecule has 0 radical (unpaired) electrons. The maximum atomic E-state index is 13.0. The Labute approximate surface area is 198 Å². The first kappa shape index (κ1) is 23.6. The second kappa shape index (κ2) is 9.35. The molecule has 0 atom stereocenters. The molecule has 0 bridgehead atoms. The van der Waals surface area contributed by atoms with Crippen LogP contribution in [-0.2, 0) is 6.54 Å². The number of amides is 1. The molecule has 4 aromatic rings. The zero-order chi connectivity index (χ0) is 25.3. The number of benzene rings is 2. The van der Waals surface area contributed by atoms with Crippen LogP contribution in [0.4, 0.5) is 11.4 Å². The third-order valence-electron chi connectivity index (χ3n) is 5.33. The third-order valence-corrected chi connectivity index (χ3v) is 5.33. The molecule has 0 aliphatic heterocycles. The number of hydrogen-bond donors (Lipinski definition) is 1. The smallest absolute Gasteiger partial charge is 0.408 e. The summed E-state index contributed by atoms with van der Waals surface area (Å²) in [4.78, 5) is 50.5. The highest BCUT2D eigenvalue weighted by atomic mass is 16.6. The zero-order valence-electron chi connectivity index (χ0n) is 19.2. The van der Waals surface area contributed by atoms with Crippen molar-refractivity contribution in [1.82, 2.24) is 19.2 Å². The molecule has 2 heterocycles. The Morgan fingerprint density at radius 2 is 1.91 bits per heavy atom. The number of rotatable bonds is 7. The lowest BCUT2D eigenvalue weighted by Crippen LogP contribution is -2.27. The van der Waals surface area contributed by atoms with Gasteiger partial charge in [-0.25, -0.2) is 9.48 Å². The number of para-hydroxylation sites is 2. The van der Waals surface area contributed by atoms with Gasteiger partial charge in [-0.3, -0.25) is 24.3 Å². The SMILES string of the molecule is Cc1cc(=O)c(C(=O)Nc2ccc3oc(=O)n(CCN(C)C)c3c2)nn1-c1ccccc1[N+](=O)[O-]. The van der Waals surface area contributed by atoms with E-state index in [-0.39, 0.29) is 11.4 Å². The van der Waals surface area contributed by atoms with Crippen LogP contribution < -0.4 is 16.5 Å². The van der Waals surface area contributed by atoms with E-state index in [9.17, 15) is 24.5 Å². The van der Waals surface area contributed by atoms with Crippen LogP contribution >= 0.6 is 0 Å². The first-order chi connectivity index (χ1) is 16.7. The fourth-order valence-electron chi connectivity index (χ4n) is 3.59. The Balaban J connectivity index is 1.70. The first-order valence-electron chi connectivity index (χ1n) is 10.6. The van der Waals surface area contributed by atoms with E-state index in [0.717, 1.165) is 0 Å². The van der Waals surface area contributed by atoms with Crippen LogP contribution in [0.3, 0.4) is 0 Å². The summed E-state index contributed by atoms with van der Waals surface area (Å²) in [5, 5.41) is 18.2. The standard InChI is InChI=1S/C23H22N6O6/c1-14-12-19(30)21(25-28(14)16-6-4-5-7-17(16)29(33)34)22(31)24-15-8-9-20-18(13-15)27(23(32)35-20)11-10-26(2)3/h4-9,12-13H,10-11H2,1-3H3,(H,24,31). The molecule has 180 valence electrons. The molecular formula is C23H22N6O6. The van der Waals surface area contributed by atoms with Gasteiger partial charge in [0.1, 0.15) is 5.69 Å². The van der Waals surface area contributed by atoms with E-state index in [4.69, 9.17) is 4.42 Å². The van der Waals surface area contributed by atoms with Crippen molar-refractivity contribution in [2.45, 2.75) is 13.5 Å². The monoisotopic (exact) mass is 478 g/mol. The van der Waals surface area contributed by atoms with Crippen molar-refractivity contribution in [2.24, 2.45) is 0 Å². The van der Waals surface area contributed by atoms with Crippen molar-refractivity contribution in [1.29, 1.82) is 0 Å². The number of nitro groups is 1. The predicted molar refractivity (Wildman–Crippen MR) is 128 cm³/mol. The van der Waals surface area contributed by atoms with Gasteiger partial charge in [0.25, 0.3) is 11.6 Å². The maximum Gasteiger partial charge on any atom is 0.419 e. The van der Waals surface area contributed by atoms with Crippen molar-refractivity contribution in [2.75, 3.05) is 26.0 Å². The Morgan fingerprint density at radius 3 is 2.63 bits per heavy atom. The zero-order valence-corrected chi connectivity index (χ0v) is 19.2. The molecular weight excluding hydrogens is 456 g/mol. The molecule has 0 saturated carbocycles. The summed E-state index contributed by atoms with van der Waals surface area (Å²) < 4.78 is 7.90. The molecule has 0 spiro atoms. The lowest BCUT2D eigenvalue weighted by molar-refractivity contribution is -0.384. The predicted octanol–water partition coefficient (Wildman–Crippen LogP) is 2.17. The minimum atomic E-state index is -0.799. The second-order valence-electron chi connectivity index (χ2n) is 8.12. The Morgan fingerprint density at radius 1 is 1.17 bits per heavy atom. The number of carbonyl (C=O) groups excluding carboxylic acids is 1. The van der Waals surface area contributed by atoms with Crippen molar-refractivity contribution < 1.29 is 14.1 Å². The average Bonchev–Trinajstić information content (AvgIpc) is 3.11. The number of nitrogens with one attached hydrogen (secondary N) is 1. The number of likely N-dealkylation sites (N-methyl/N-ethyl adjacent to an activating group) is 1. The van der Waals surface area contributed by atoms with Gasteiger partial charge >= 0.3 is 5.76 Å². The number of anilines is 1. The number of oxazole rings is 1. The molecule has 2 aromatic carbocycles. The molecule has 0 unspecified atom stereocenters. The van der Waals surface area contributed by atoms with E-state index in [2.05, 4.69) is 10.4 Å². The molecule has 0 saturated heterocycles. The van der Waals surface area contributed by atoms with Crippen LogP contribution in [0.1, 0.15) is 16.2 Å². The quantitative estimate of drug-likeness (QED) is 0.314. The number of hydrogen-bond acceptors (Lipinski definition) is 8. The minimum Gasteiger partial charge on any atom is -0.408 e. The van der Waals surface area contributed by atoms with Crippen molar-refractivity contribution in [3.05, 3.63) is 90.8 Å². The fraction of sp³-hybridized carbons (Fsp3) is 0.217.